The van der Waals surface area contributed by atoms with Crippen molar-refractivity contribution in [3.8, 4) is 0 Å². The summed E-state index contributed by atoms with van der Waals surface area (Å²) in [6, 6.07) is 2.15. The van der Waals surface area contributed by atoms with Gasteiger partial charge in [-0.05, 0) is 19.4 Å². The molecule has 0 fully saturated rings. The van der Waals surface area contributed by atoms with Gasteiger partial charge in [-0.1, -0.05) is 13.0 Å². The molecular formula is C12H16F2N2O. The normalized spacial score (nSPS) is 14.4. The highest BCUT2D eigenvalue weighted by molar-refractivity contribution is 5.81. The fourth-order valence-electron chi connectivity index (χ4n) is 1.46. The Labute approximate surface area is 99.0 Å². The van der Waals surface area contributed by atoms with Crippen molar-refractivity contribution in [1.82, 2.24) is 5.32 Å². The SMILES string of the molecule is CCC(C)NC(C(N)=O)c1ccc(F)cc1F. The fourth-order valence-corrected chi connectivity index (χ4v) is 1.46. The van der Waals surface area contributed by atoms with Gasteiger partial charge in [-0.25, -0.2) is 8.78 Å². The zero-order chi connectivity index (χ0) is 13.0. The molecule has 0 aromatic heterocycles. The summed E-state index contributed by atoms with van der Waals surface area (Å²) in [6.45, 7) is 3.79. The highest BCUT2D eigenvalue weighted by Crippen LogP contribution is 2.18. The van der Waals surface area contributed by atoms with Crippen molar-refractivity contribution in [2.75, 3.05) is 0 Å². The average Bonchev–Trinajstić information content (AvgIpc) is 2.26. The third kappa shape index (κ3) is 3.49. The summed E-state index contributed by atoms with van der Waals surface area (Å²) in [5.74, 6) is -2.14. The molecule has 0 heterocycles. The molecule has 1 amide bonds. The molecule has 3 N–H and O–H groups in total. The molecule has 0 bridgehead atoms. The Kier molecular flexibility index (Phi) is 4.57. The molecule has 17 heavy (non-hydrogen) atoms. The van der Waals surface area contributed by atoms with Crippen LogP contribution in [0.25, 0.3) is 0 Å². The van der Waals surface area contributed by atoms with E-state index in [0.717, 1.165) is 18.6 Å². The first kappa shape index (κ1) is 13.6. The van der Waals surface area contributed by atoms with Crippen molar-refractivity contribution in [3.63, 3.8) is 0 Å². The number of hydrogen-bond acceptors (Lipinski definition) is 2. The molecule has 0 aliphatic heterocycles. The van der Waals surface area contributed by atoms with E-state index in [1.54, 1.807) is 0 Å². The first-order valence-corrected chi connectivity index (χ1v) is 5.46. The van der Waals surface area contributed by atoms with Gasteiger partial charge in [0.05, 0.1) is 0 Å². The minimum atomic E-state index is -0.939. The van der Waals surface area contributed by atoms with Crippen molar-refractivity contribution in [2.24, 2.45) is 5.73 Å². The number of halogens is 2. The standard InChI is InChI=1S/C12H16F2N2O/c1-3-7(2)16-11(12(15)17)9-5-4-8(13)6-10(9)14/h4-7,11,16H,3H2,1-2H3,(H2,15,17). The summed E-state index contributed by atoms with van der Waals surface area (Å²) >= 11 is 0. The predicted molar refractivity (Wildman–Crippen MR) is 61.2 cm³/mol. The molecule has 0 saturated heterocycles. The molecule has 0 aliphatic carbocycles. The molecule has 0 saturated carbocycles. The first-order chi connectivity index (χ1) is 7.95. The number of carbonyl (C=O) groups is 1. The Morgan fingerprint density at radius 3 is 2.59 bits per heavy atom. The van der Waals surface area contributed by atoms with Crippen molar-refractivity contribution < 1.29 is 13.6 Å². The number of rotatable bonds is 5. The molecule has 0 spiro atoms. The zero-order valence-corrected chi connectivity index (χ0v) is 9.84. The molecule has 0 aliphatic rings. The second-order valence-corrected chi connectivity index (χ2v) is 3.98. The molecule has 0 radical (unpaired) electrons. The summed E-state index contributed by atoms with van der Waals surface area (Å²) in [5, 5.41) is 2.91. The second-order valence-electron chi connectivity index (χ2n) is 3.98. The molecular weight excluding hydrogens is 226 g/mol. The number of hydrogen-bond donors (Lipinski definition) is 2. The minimum absolute atomic E-state index is 0.0111. The molecule has 1 aromatic carbocycles. The van der Waals surface area contributed by atoms with Crippen molar-refractivity contribution in [2.45, 2.75) is 32.4 Å². The second kappa shape index (κ2) is 5.72. The zero-order valence-electron chi connectivity index (χ0n) is 9.84. The van der Waals surface area contributed by atoms with E-state index in [1.165, 1.54) is 6.07 Å². The highest BCUT2D eigenvalue weighted by Gasteiger charge is 2.22. The van der Waals surface area contributed by atoms with Crippen LogP contribution in [-0.2, 0) is 4.79 Å². The summed E-state index contributed by atoms with van der Waals surface area (Å²) in [6.07, 6.45) is 0.770. The molecule has 5 heteroatoms. The van der Waals surface area contributed by atoms with Crippen LogP contribution in [-0.4, -0.2) is 11.9 Å². The van der Waals surface area contributed by atoms with Crippen molar-refractivity contribution in [1.29, 1.82) is 0 Å². The third-order valence-electron chi connectivity index (χ3n) is 2.62. The molecule has 94 valence electrons. The van der Waals surface area contributed by atoms with Gasteiger partial charge in [-0.3, -0.25) is 10.1 Å². The molecule has 1 rings (SSSR count). The van der Waals surface area contributed by atoms with Gasteiger partial charge in [0.15, 0.2) is 0 Å². The van der Waals surface area contributed by atoms with Crippen LogP contribution in [0.1, 0.15) is 31.9 Å². The first-order valence-electron chi connectivity index (χ1n) is 5.46. The van der Waals surface area contributed by atoms with Crippen molar-refractivity contribution in [3.05, 3.63) is 35.4 Å². The van der Waals surface area contributed by atoms with Crippen LogP contribution in [0, 0.1) is 11.6 Å². The lowest BCUT2D eigenvalue weighted by Gasteiger charge is -2.20. The average molecular weight is 242 g/mol. The summed E-state index contributed by atoms with van der Waals surface area (Å²) in [5.41, 5.74) is 5.29. The summed E-state index contributed by atoms with van der Waals surface area (Å²) < 4.78 is 26.3. The maximum absolute atomic E-state index is 13.5. The lowest BCUT2D eigenvalue weighted by molar-refractivity contribution is -0.120. The Morgan fingerprint density at radius 1 is 1.47 bits per heavy atom. The Morgan fingerprint density at radius 2 is 2.12 bits per heavy atom. The highest BCUT2D eigenvalue weighted by atomic mass is 19.1. The number of carbonyl (C=O) groups excluding carboxylic acids is 1. The fraction of sp³-hybridized carbons (Fsp3) is 0.417. The summed E-state index contributed by atoms with van der Waals surface area (Å²) in [4.78, 5) is 11.3. The van der Waals surface area contributed by atoms with E-state index < -0.39 is 23.6 Å². The number of primary amides is 1. The minimum Gasteiger partial charge on any atom is -0.368 e. The van der Waals surface area contributed by atoms with Gasteiger partial charge in [0.25, 0.3) is 0 Å². The van der Waals surface area contributed by atoms with E-state index in [9.17, 15) is 13.6 Å². The van der Waals surface area contributed by atoms with Crippen LogP contribution in [0.15, 0.2) is 18.2 Å². The van der Waals surface area contributed by atoms with E-state index in [1.807, 2.05) is 13.8 Å². The van der Waals surface area contributed by atoms with Crippen molar-refractivity contribution >= 4 is 5.91 Å². The van der Waals surface area contributed by atoms with Gasteiger partial charge >= 0.3 is 0 Å². The molecule has 1 aromatic rings. The van der Waals surface area contributed by atoms with E-state index in [0.29, 0.717) is 0 Å². The van der Waals surface area contributed by atoms with Crippen LogP contribution in [0.5, 0.6) is 0 Å². The van der Waals surface area contributed by atoms with Crippen LogP contribution in [0.4, 0.5) is 8.78 Å². The van der Waals surface area contributed by atoms with Crippen LogP contribution in [0.3, 0.4) is 0 Å². The van der Waals surface area contributed by atoms with E-state index in [2.05, 4.69) is 5.32 Å². The molecule has 3 nitrogen and oxygen atoms in total. The monoisotopic (exact) mass is 242 g/mol. The van der Waals surface area contributed by atoms with Gasteiger partial charge in [0.1, 0.15) is 17.7 Å². The van der Waals surface area contributed by atoms with Gasteiger partial charge in [0.2, 0.25) is 5.91 Å². The lowest BCUT2D eigenvalue weighted by Crippen LogP contribution is -2.39. The van der Waals surface area contributed by atoms with Gasteiger partial charge in [0, 0.05) is 17.7 Å². The largest absolute Gasteiger partial charge is 0.368 e. The van der Waals surface area contributed by atoms with Gasteiger partial charge in [-0.15, -0.1) is 0 Å². The Bertz CT molecular complexity index is 409. The Hall–Kier alpha value is -1.49. The quantitative estimate of drug-likeness (QED) is 0.828. The van der Waals surface area contributed by atoms with E-state index in [-0.39, 0.29) is 11.6 Å². The maximum Gasteiger partial charge on any atom is 0.239 e. The molecule has 2 atom stereocenters. The van der Waals surface area contributed by atoms with E-state index in [4.69, 9.17) is 5.73 Å². The number of nitrogens with one attached hydrogen (secondary N) is 1. The molecule has 2 unspecified atom stereocenters. The smallest absolute Gasteiger partial charge is 0.239 e. The van der Waals surface area contributed by atoms with Crippen LogP contribution < -0.4 is 11.1 Å². The van der Waals surface area contributed by atoms with E-state index >= 15 is 0 Å². The summed E-state index contributed by atoms with van der Waals surface area (Å²) in [7, 11) is 0. The van der Waals surface area contributed by atoms with Crippen LogP contribution >= 0.6 is 0 Å². The lowest BCUT2D eigenvalue weighted by atomic mass is 10.0. The topological polar surface area (TPSA) is 55.1 Å². The number of benzene rings is 1. The number of nitrogens with two attached hydrogens (primary N) is 1. The maximum atomic E-state index is 13.5. The van der Waals surface area contributed by atoms with Gasteiger partial charge < -0.3 is 5.73 Å². The van der Waals surface area contributed by atoms with Crippen LogP contribution in [0.2, 0.25) is 0 Å². The Balaban J connectivity index is 3.01. The third-order valence-corrected chi connectivity index (χ3v) is 2.62. The number of amides is 1. The predicted octanol–water partition coefficient (Wildman–Crippen LogP) is 1.88. The van der Waals surface area contributed by atoms with Gasteiger partial charge in [-0.2, -0.15) is 0 Å².